The first-order valence-corrected chi connectivity index (χ1v) is 11.3. The molecule has 1 aliphatic carbocycles. The number of carbonyl (C=O) groups excluding carboxylic acids is 2. The van der Waals surface area contributed by atoms with Gasteiger partial charge in [-0.3, -0.25) is 9.59 Å². The summed E-state index contributed by atoms with van der Waals surface area (Å²) in [5.41, 5.74) is 4.60. The van der Waals surface area contributed by atoms with Crippen LogP contribution in [0, 0.1) is 6.92 Å². The van der Waals surface area contributed by atoms with Crippen molar-refractivity contribution in [2.45, 2.75) is 39.2 Å². The molecular weight excluding hydrogens is 396 g/mol. The predicted molar refractivity (Wildman–Crippen MR) is 121 cm³/mol. The van der Waals surface area contributed by atoms with Gasteiger partial charge < -0.3 is 15.4 Å². The summed E-state index contributed by atoms with van der Waals surface area (Å²) in [7, 11) is 0. The van der Waals surface area contributed by atoms with Crippen LogP contribution in [-0.2, 0) is 16.0 Å². The number of amides is 2. The highest BCUT2D eigenvalue weighted by atomic mass is 32.2. The average molecular weight is 423 g/mol. The molecular formula is C24H26N2O3S. The Kier molecular flexibility index (Phi) is 6.13. The number of thioether (sulfide) groups is 1. The van der Waals surface area contributed by atoms with Gasteiger partial charge in [0, 0.05) is 17.0 Å². The SMILES string of the molecule is CC1=C(C(=O)Nc2cc(C(=O)N[C@H]3CCCc4ccccc43)ccc2C)SCCO1. The molecule has 2 N–H and O–H groups in total. The number of ether oxygens (including phenoxy) is 1. The Morgan fingerprint density at radius 3 is 2.77 bits per heavy atom. The zero-order valence-corrected chi connectivity index (χ0v) is 18.1. The van der Waals surface area contributed by atoms with Crippen molar-refractivity contribution in [1.29, 1.82) is 0 Å². The van der Waals surface area contributed by atoms with E-state index in [1.165, 1.54) is 22.9 Å². The Balaban J connectivity index is 1.50. The molecule has 30 heavy (non-hydrogen) atoms. The van der Waals surface area contributed by atoms with Crippen LogP contribution < -0.4 is 10.6 Å². The van der Waals surface area contributed by atoms with Gasteiger partial charge in [0.05, 0.1) is 12.6 Å². The molecule has 0 radical (unpaired) electrons. The van der Waals surface area contributed by atoms with Crippen LogP contribution in [0.1, 0.15) is 52.9 Å². The number of rotatable bonds is 4. The number of anilines is 1. The topological polar surface area (TPSA) is 67.4 Å². The van der Waals surface area contributed by atoms with Gasteiger partial charge in [-0.15, -0.1) is 11.8 Å². The molecule has 0 saturated carbocycles. The molecule has 0 bridgehead atoms. The number of aryl methyl sites for hydroxylation is 2. The highest BCUT2D eigenvalue weighted by Crippen LogP contribution is 2.30. The normalized spacial score (nSPS) is 18.3. The fourth-order valence-electron chi connectivity index (χ4n) is 3.95. The van der Waals surface area contributed by atoms with Gasteiger partial charge in [0.25, 0.3) is 11.8 Å². The van der Waals surface area contributed by atoms with Gasteiger partial charge in [-0.2, -0.15) is 0 Å². The maximum absolute atomic E-state index is 13.0. The second-order valence-corrected chi connectivity index (χ2v) is 8.79. The maximum atomic E-state index is 13.0. The molecule has 0 fully saturated rings. The van der Waals surface area contributed by atoms with Crippen LogP contribution in [0.2, 0.25) is 0 Å². The maximum Gasteiger partial charge on any atom is 0.265 e. The molecule has 6 heteroatoms. The second-order valence-electron chi connectivity index (χ2n) is 7.68. The standard InChI is InChI=1S/C24H26N2O3S/c1-15-10-11-18(14-21(15)26-24(28)22-16(2)29-12-13-30-22)23(27)25-20-9-5-7-17-6-3-4-8-19(17)20/h3-4,6,8,10-11,14,20H,5,7,9,12-13H2,1-2H3,(H,25,27)(H,26,28)/t20-/m0/s1. The third-order valence-electron chi connectivity index (χ3n) is 5.60. The van der Waals surface area contributed by atoms with E-state index in [9.17, 15) is 9.59 Å². The minimum Gasteiger partial charge on any atom is -0.496 e. The highest BCUT2D eigenvalue weighted by molar-refractivity contribution is 8.04. The zero-order chi connectivity index (χ0) is 21.1. The molecule has 2 aromatic rings. The van der Waals surface area contributed by atoms with Crippen molar-refractivity contribution >= 4 is 29.3 Å². The van der Waals surface area contributed by atoms with Gasteiger partial charge in [0.2, 0.25) is 0 Å². The lowest BCUT2D eigenvalue weighted by atomic mass is 9.87. The average Bonchev–Trinajstić information content (AvgIpc) is 2.75. The first-order valence-electron chi connectivity index (χ1n) is 10.3. The Hall–Kier alpha value is -2.73. The fourth-order valence-corrected chi connectivity index (χ4v) is 4.77. The summed E-state index contributed by atoms with van der Waals surface area (Å²) in [5.74, 6) is 1.08. The minimum atomic E-state index is -0.195. The summed E-state index contributed by atoms with van der Waals surface area (Å²) >= 11 is 1.50. The summed E-state index contributed by atoms with van der Waals surface area (Å²) in [6, 6.07) is 13.7. The molecule has 2 amide bonds. The van der Waals surface area contributed by atoms with E-state index in [1.54, 1.807) is 19.1 Å². The minimum absolute atomic E-state index is 0.0189. The van der Waals surface area contributed by atoms with E-state index in [2.05, 4.69) is 22.8 Å². The summed E-state index contributed by atoms with van der Waals surface area (Å²) in [4.78, 5) is 26.3. The summed E-state index contributed by atoms with van der Waals surface area (Å²) < 4.78 is 5.49. The molecule has 2 aromatic carbocycles. The Morgan fingerprint density at radius 2 is 1.93 bits per heavy atom. The molecule has 1 aliphatic heterocycles. The molecule has 0 spiro atoms. The molecule has 0 aromatic heterocycles. The van der Waals surface area contributed by atoms with Crippen LogP contribution in [0.5, 0.6) is 0 Å². The van der Waals surface area contributed by atoms with Crippen molar-refractivity contribution in [3.8, 4) is 0 Å². The van der Waals surface area contributed by atoms with Crippen LogP contribution in [0.25, 0.3) is 0 Å². The largest absolute Gasteiger partial charge is 0.496 e. The van der Waals surface area contributed by atoms with Gasteiger partial charge in [-0.25, -0.2) is 0 Å². The molecule has 0 saturated heterocycles. The van der Waals surface area contributed by atoms with Crippen molar-refractivity contribution in [2.24, 2.45) is 0 Å². The second kappa shape index (κ2) is 8.96. The van der Waals surface area contributed by atoms with E-state index < -0.39 is 0 Å². The Labute approximate surface area is 181 Å². The molecule has 1 heterocycles. The number of fused-ring (bicyclic) bond motifs is 1. The van der Waals surface area contributed by atoms with E-state index in [0.29, 0.717) is 28.5 Å². The zero-order valence-electron chi connectivity index (χ0n) is 17.3. The highest BCUT2D eigenvalue weighted by Gasteiger charge is 2.23. The Morgan fingerprint density at radius 1 is 1.10 bits per heavy atom. The van der Waals surface area contributed by atoms with Gasteiger partial charge in [-0.1, -0.05) is 30.3 Å². The quantitative estimate of drug-likeness (QED) is 0.747. The third kappa shape index (κ3) is 4.38. The van der Waals surface area contributed by atoms with Crippen LogP contribution in [0.15, 0.2) is 53.1 Å². The number of nitrogens with one attached hydrogen (secondary N) is 2. The number of carbonyl (C=O) groups is 2. The lowest BCUT2D eigenvalue weighted by Gasteiger charge is -2.26. The van der Waals surface area contributed by atoms with E-state index in [4.69, 9.17) is 4.74 Å². The van der Waals surface area contributed by atoms with Crippen molar-refractivity contribution < 1.29 is 14.3 Å². The first-order chi connectivity index (χ1) is 14.5. The van der Waals surface area contributed by atoms with Gasteiger partial charge >= 0.3 is 0 Å². The van der Waals surface area contributed by atoms with Crippen molar-refractivity contribution in [2.75, 3.05) is 17.7 Å². The molecule has 156 valence electrons. The summed E-state index contributed by atoms with van der Waals surface area (Å²) in [6.07, 6.45) is 3.05. The summed E-state index contributed by atoms with van der Waals surface area (Å²) in [6.45, 7) is 4.34. The monoisotopic (exact) mass is 422 g/mol. The van der Waals surface area contributed by atoms with E-state index in [0.717, 1.165) is 30.6 Å². The van der Waals surface area contributed by atoms with E-state index >= 15 is 0 Å². The van der Waals surface area contributed by atoms with Crippen molar-refractivity contribution in [1.82, 2.24) is 5.32 Å². The van der Waals surface area contributed by atoms with Crippen LogP contribution in [-0.4, -0.2) is 24.2 Å². The lowest BCUT2D eigenvalue weighted by Crippen LogP contribution is -2.31. The van der Waals surface area contributed by atoms with Gasteiger partial charge in [0.15, 0.2) is 0 Å². The van der Waals surface area contributed by atoms with Crippen LogP contribution in [0.4, 0.5) is 5.69 Å². The Bertz CT molecular complexity index is 1020. The predicted octanol–water partition coefficient (Wildman–Crippen LogP) is 4.74. The van der Waals surface area contributed by atoms with E-state index in [-0.39, 0.29) is 17.9 Å². The van der Waals surface area contributed by atoms with E-state index in [1.807, 2.05) is 25.1 Å². The number of benzene rings is 2. The number of hydrogen-bond donors (Lipinski definition) is 2. The molecule has 5 nitrogen and oxygen atoms in total. The molecule has 4 rings (SSSR count). The van der Waals surface area contributed by atoms with Crippen LogP contribution in [0.3, 0.4) is 0 Å². The lowest BCUT2D eigenvalue weighted by molar-refractivity contribution is -0.112. The molecule has 0 unspecified atom stereocenters. The first kappa shape index (κ1) is 20.5. The van der Waals surface area contributed by atoms with Crippen molar-refractivity contribution in [3.05, 3.63) is 75.4 Å². The van der Waals surface area contributed by atoms with Crippen molar-refractivity contribution in [3.63, 3.8) is 0 Å². The van der Waals surface area contributed by atoms with Crippen LogP contribution >= 0.6 is 11.8 Å². The number of hydrogen-bond acceptors (Lipinski definition) is 4. The van der Waals surface area contributed by atoms with Gasteiger partial charge in [-0.05, 0) is 61.9 Å². The number of allylic oxidation sites excluding steroid dienone is 1. The fraction of sp³-hybridized carbons (Fsp3) is 0.333. The summed E-state index contributed by atoms with van der Waals surface area (Å²) in [5, 5.41) is 6.12. The third-order valence-corrected chi connectivity index (χ3v) is 6.73. The van der Waals surface area contributed by atoms with Gasteiger partial charge in [0.1, 0.15) is 10.7 Å². The molecule has 1 atom stereocenters. The smallest absolute Gasteiger partial charge is 0.265 e. The molecule has 2 aliphatic rings.